The molecule has 0 saturated heterocycles. The predicted octanol–water partition coefficient (Wildman–Crippen LogP) is 7.46. The van der Waals surface area contributed by atoms with Gasteiger partial charge in [-0.2, -0.15) is 5.26 Å². The molecule has 0 atom stereocenters. The van der Waals surface area contributed by atoms with Gasteiger partial charge >= 0.3 is 0 Å². The van der Waals surface area contributed by atoms with Crippen LogP contribution >= 0.6 is 15.9 Å². The van der Waals surface area contributed by atoms with Gasteiger partial charge in [-0.05, 0) is 90.4 Å². The van der Waals surface area contributed by atoms with Gasteiger partial charge in [0.25, 0.3) is 11.6 Å². The third kappa shape index (κ3) is 8.43. The van der Waals surface area contributed by atoms with E-state index >= 15 is 0 Å². The molecule has 0 bridgehead atoms. The van der Waals surface area contributed by atoms with Crippen molar-refractivity contribution in [3.8, 4) is 23.3 Å². The second-order valence-electron chi connectivity index (χ2n) is 8.91. The smallest absolute Gasteiger partial charge is 0.269 e. The molecule has 0 heterocycles. The van der Waals surface area contributed by atoms with E-state index in [9.17, 15) is 20.2 Å². The number of carbonyl (C=O) groups excluding carboxylic acids is 1. The number of hydrogen-bond donors (Lipinski definition) is 1. The van der Waals surface area contributed by atoms with Crippen LogP contribution in [0.15, 0.2) is 101 Å². The number of hydrogen-bond acceptors (Lipinski definition) is 7. The molecule has 9 nitrogen and oxygen atoms in total. The number of non-ortho nitro benzene ring substituents is 1. The molecular formula is C32H26BrN3O6. The van der Waals surface area contributed by atoms with Crippen molar-refractivity contribution in [3.63, 3.8) is 0 Å². The van der Waals surface area contributed by atoms with E-state index in [0.717, 1.165) is 15.6 Å². The van der Waals surface area contributed by atoms with Crippen molar-refractivity contribution in [3.05, 3.63) is 128 Å². The molecule has 0 aliphatic heterocycles. The Morgan fingerprint density at radius 1 is 0.905 bits per heavy atom. The molecule has 1 N–H and O–H groups in total. The number of benzene rings is 4. The Labute approximate surface area is 251 Å². The highest BCUT2D eigenvalue weighted by Gasteiger charge is 2.13. The summed E-state index contributed by atoms with van der Waals surface area (Å²) in [6, 6.07) is 27.8. The van der Waals surface area contributed by atoms with Crippen LogP contribution in [-0.2, 0) is 18.0 Å². The number of nitrogens with zero attached hydrogens (tertiary/aromatic N) is 2. The summed E-state index contributed by atoms with van der Waals surface area (Å²) in [4.78, 5) is 23.2. The first kappa shape index (κ1) is 29.8. The number of nitrogens with one attached hydrogen (secondary N) is 1. The average Bonchev–Trinajstić information content (AvgIpc) is 3.00. The van der Waals surface area contributed by atoms with Crippen LogP contribution in [0, 0.1) is 21.4 Å². The Kier molecular flexibility index (Phi) is 10.3. The number of nitro benzene ring substituents is 1. The molecule has 0 spiro atoms. The number of amides is 1. The lowest BCUT2D eigenvalue weighted by atomic mass is 10.1. The van der Waals surface area contributed by atoms with Crippen LogP contribution in [-0.4, -0.2) is 17.4 Å². The molecule has 4 aromatic carbocycles. The van der Waals surface area contributed by atoms with Crippen molar-refractivity contribution in [2.24, 2.45) is 0 Å². The van der Waals surface area contributed by atoms with Gasteiger partial charge in [-0.1, -0.05) is 34.1 Å². The van der Waals surface area contributed by atoms with Crippen LogP contribution in [0.2, 0.25) is 0 Å². The van der Waals surface area contributed by atoms with Crippen LogP contribution in [0.5, 0.6) is 17.2 Å². The van der Waals surface area contributed by atoms with Gasteiger partial charge in [0.2, 0.25) is 0 Å². The molecule has 0 aromatic heterocycles. The number of anilines is 1. The summed E-state index contributed by atoms with van der Waals surface area (Å²) in [5.41, 5.74) is 2.77. The second kappa shape index (κ2) is 14.5. The van der Waals surface area contributed by atoms with Gasteiger partial charge in [0.15, 0.2) is 11.5 Å². The number of ether oxygens (including phenoxy) is 3. The average molecular weight is 628 g/mol. The first-order valence-corrected chi connectivity index (χ1v) is 13.7. The maximum absolute atomic E-state index is 12.8. The van der Waals surface area contributed by atoms with E-state index in [1.807, 2.05) is 37.3 Å². The maximum atomic E-state index is 12.8. The lowest BCUT2D eigenvalue weighted by molar-refractivity contribution is -0.384. The van der Waals surface area contributed by atoms with E-state index in [0.29, 0.717) is 41.7 Å². The van der Waals surface area contributed by atoms with Crippen molar-refractivity contribution >= 4 is 39.3 Å². The van der Waals surface area contributed by atoms with E-state index in [4.69, 9.17) is 14.2 Å². The largest absolute Gasteiger partial charge is 0.490 e. The van der Waals surface area contributed by atoms with Gasteiger partial charge in [-0.15, -0.1) is 0 Å². The van der Waals surface area contributed by atoms with Crippen molar-refractivity contribution in [2.45, 2.75) is 20.1 Å². The number of halogens is 1. The van der Waals surface area contributed by atoms with Crippen LogP contribution in [0.25, 0.3) is 6.08 Å². The molecule has 4 aromatic rings. The summed E-state index contributed by atoms with van der Waals surface area (Å²) in [6.07, 6.45) is 1.47. The molecule has 0 saturated carbocycles. The molecule has 4 rings (SSSR count). The Balaban J connectivity index is 1.39. The topological polar surface area (TPSA) is 124 Å². The number of carbonyl (C=O) groups is 1. The Morgan fingerprint density at radius 2 is 1.55 bits per heavy atom. The van der Waals surface area contributed by atoms with E-state index in [-0.39, 0.29) is 17.9 Å². The molecule has 212 valence electrons. The standard InChI is InChI=1S/C32H26BrN3O6/c1-2-40-31-18-24(7-16-30(31)42-21-23-5-12-28(13-6-23)36(38)39)17-25(19-34)32(37)35-27-10-14-29(15-11-27)41-20-22-3-8-26(33)9-4-22/h3-18H,2,20-21H2,1H3,(H,35,37)/b25-17+. The zero-order valence-corrected chi connectivity index (χ0v) is 24.2. The summed E-state index contributed by atoms with van der Waals surface area (Å²) in [7, 11) is 0. The first-order chi connectivity index (χ1) is 20.3. The Bertz CT molecular complexity index is 1610. The Morgan fingerprint density at radius 3 is 2.17 bits per heavy atom. The summed E-state index contributed by atoms with van der Waals surface area (Å²) in [5, 5.41) is 23.3. The fourth-order valence-corrected chi connectivity index (χ4v) is 4.04. The third-order valence-corrected chi connectivity index (χ3v) is 6.44. The highest BCUT2D eigenvalue weighted by atomic mass is 79.9. The Hall–Kier alpha value is -5.14. The minimum absolute atomic E-state index is 0.000786. The molecular weight excluding hydrogens is 602 g/mol. The summed E-state index contributed by atoms with van der Waals surface area (Å²) >= 11 is 3.41. The fourth-order valence-electron chi connectivity index (χ4n) is 3.77. The molecule has 42 heavy (non-hydrogen) atoms. The van der Waals surface area contributed by atoms with E-state index < -0.39 is 10.8 Å². The SMILES string of the molecule is CCOc1cc(/C=C(\C#N)C(=O)Nc2ccc(OCc3ccc(Br)cc3)cc2)ccc1OCc1ccc([N+](=O)[O-])cc1. The van der Waals surface area contributed by atoms with Crippen LogP contribution < -0.4 is 19.5 Å². The molecule has 10 heteroatoms. The van der Waals surface area contributed by atoms with Gasteiger partial charge in [0.1, 0.15) is 30.6 Å². The van der Waals surface area contributed by atoms with Crippen molar-refractivity contribution in [1.82, 2.24) is 0 Å². The van der Waals surface area contributed by atoms with Crippen LogP contribution in [0.4, 0.5) is 11.4 Å². The zero-order valence-electron chi connectivity index (χ0n) is 22.6. The third-order valence-electron chi connectivity index (χ3n) is 5.92. The molecule has 0 fully saturated rings. The van der Waals surface area contributed by atoms with Gasteiger partial charge < -0.3 is 19.5 Å². The summed E-state index contributed by atoms with van der Waals surface area (Å²) in [5.74, 6) is 0.978. The number of nitro groups is 1. The lowest BCUT2D eigenvalue weighted by Gasteiger charge is -2.13. The lowest BCUT2D eigenvalue weighted by Crippen LogP contribution is -2.13. The van der Waals surface area contributed by atoms with Crippen molar-refractivity contribution < 1.29 is 23.9 Å². The molecule has 1 amide bonds. The normalized spacial score (nSPS) is 10.8. The van der Waals surface area contributed by atoms with Gasteiger partial charge in [0, 0.05) is 22.3 Å². The van der Waals surface area contributed by atoms with E-state index in [1.165, 1.54) is 18.2 Å². The van der Waals surface area contributed by atoms with Gasteiger partial charge in [-0.25, -0.2) is 0 Å². The van der Waals surface area contributed by atoms with Gasteiger partial charge in [-0.3, -0.25) is 14.9 Å². The second-order valence-corrected chi connectivity index (χ2v) is 9.83. The highest BCUT2D eigenvalue weighted by Crippen LogP contribution is 2.30. The van der Waals surface area contributed by atoms with Crippen LogP contribution in [0.1, 0.15) is 23.6 Å². The molecule has 0 radical (unpaired) electrons. The monoisotopic (exact) mass is 627 g/mol. The molecule has 0 aliphatic carbocycles. The minimum Gasteiger partial charge on any atom is -0.490 e. The molecule has 0 unspecified atom stereocenters. The maximum Gasteiger partial charge on any atom is 0.269 e. The summed E-state index contributed by atoms with van der Waals surface area (Å²) in [6.45, 7) is 2.78. The minimum atomic E-state index is -0.558. The first-order valence-electron chi connectivity index (χ1n) is 12.9. The highest BCUT2D eigenvalue weighted by molar-refractivity contribution is 9.10. The quantitative estimate of drug-likeness (QED) is 0.0748. The van der Waals surface area contributed by atoms with E-state index in [1.54, 1.807) is 54.6 Å². The molecule has 0 aliphatic rings. The van der Waals surface area contributed by atoms with Gasteiger partial charge in [0.05, 0.1) is 11.5 Å². The number of nitriles is 1. The van der Waals surface area contributed by atoms with Crippen molar-refractivity contribution in [2.75, 3.05) is 11.9 Å². The predicted molar refractivity (Wildman–Crippen MR) is 162 cm³/mol. The summed E-state index contributed by atoms with van der Waals surface area (Å²) < 4.78 is 18.4. The number of rotatable bonds is 12. The van der Waals surface area contributed by atoms with E-state index in [2.05, 4.69) is 21.2 Å². The van der Waals surface area contributed by atoms with Crippen molar-refractivity contribution in [1.29, 1.82) is 5.26 Å². The van der Waals surface area contributed by atoms with Crippen LogP contribution in [0.3, 0.4) is 0 Å². The fraction of sp³-hybridized carbons (Fsp3) is 0.125. The zero-order chi connectivity index (χ0) is 29.9.